The molecule has 6 rings (SSSR count). The number of imidazole rings is 1. The highest BCUT2D eigenvalue weighted by atomic mass is 19.2. The topological polar surface area (TPSA) is 44.8 Å². The Hall–Kier alpha value is -2.93. The predicted molar refractivity (Wildman–Crippen MR) is 121 cm³/mol. The van der Waals surface area contributed by atoms with Gasteiger partial charge in [0.2, 0.25) is 0 Å². The van der Waals surface area contributed by atoms with Gasteiger partial charge < -0.3 is 4.98 Å². The van der Waals surface area contributed by atoms with E-state index < -0.39 is 11.6 Å². The van der Waals surface area contributed by atoms with E-state index in [9.17, 15) is 13.2 Å². The molecule has 2 aliphatic rings. The SMILES string of the molecule is Cc1c(F)c(F)cc2[nH]c(C(C3CC3)N3CCC(c4ccnc5ccc(F)cc45)CC3)nc12. The third kappa shape index (κ3) is 3.59. The van der Waals surface area contributed by atoms with Crippen LogP contribution in [0.25, 0.3) is 21.9 Å². The van der Waals surface area contributed by atoms with Crippen LogP contribution >= 0.6 is 0 Å². The summed E-state index contributed by atoms with van der Waals surface area (Å²) in [5.41, 5.74) is 3.29. The second-order valence-electron chi connectivity index (χ2n) is 9.47. The lowest BCUT2D eigenvalue weighted by atomic mass is 9.86. The molecule has 0 amide bonds. The molecule has 1 unspecified atom stereocenters. The first-order valence-electron chi connectivity index (χ1n) is 11.6. The molecule has 1 saturated carbocycles. The number of piperidine rings is 1. The van der Waals surface area contributed by atoms with Crippen molar-refractivity contribution in [2.24, 2.45) is 5.92 Å². The number of nitrogens with zero attached hydrogens (tertiary/aromatic N) is 3. The third-order valence-electron chi connectivity index (χ3n) is 7.36. The highest BCUT2D eigenvalue weighted by molar-refractivity contribution is 5.82. The van der Waals surface area contributed by atoms with Gasteiger partial charge in [0, 0.05) is 23.2 Å². The molecule has 4 aromatic rings. The zero-order valence-electron chi connectivity index (χ0n) is 18.4. The van der Waals surface area contributed by atoms with Crippen molar-refractivity contribution in [1.29, 1.82) is 0 Å². The average Bonchev–Trinajstić information content (AvgIpc) is 3.57. The Morgan fingerprint density at radius 1 is 1.03 bits per heavy atom. The van der Waals surface area contributed by atoms with Gasteiger partial charge in [0.1, 0.15) is 11.6 Å². The molecular formula is C26H25F3N4. The van der Waals surface area contributed by atoms with Gasteiger partial charge in [-0.15, -0.1) is 0 Å². The van der Waals surface area contributed by atoms with Crippen LogP contribution < -0.4 is 0 Å². The summed E-state index contributed by atoms with van der Waals surface area (Å²) in [4.78, 5) is 14.9. The van der Waals surface area contributed by atoms with Crippen molar-refractivity contribution in [3.63, 3.8) is 0 Å². The van der Waals surface area contributed by atoms with E-state index in [1.54, 1.807) is 19.1 Å². The molecule has 4 nitrogen and oxygen atoms in total. The third-order valence-corrected chi connectivity index (χ3v) is 7.36. The molecule has 0 radical (unpaired) electrons. The van der Waals surface area contributed by atoms with Crippen LogP contribution in [0.5, 0.6) is 0 Å². The molecule has 1 atom stereocenters. The van der Waals surface area contributed by atoms with Crippen molar-refractivity contribution in [3.05, 3.63) is 70.9 Å². The molecule has 2 fully saturated rings. The van der Waals surface area contributed by atoms with Crippen LogP contribution in [0.1, 0.15) is 54.6 Å². The van der Waals surface area contributed by atoms with Crippen LogP contribution in [0, 0.1) is 30.3 Å². The number of hydrogen-bond donors (Lipinski definition) is 1. The molecular weight excluding hydrogens is 425 g/mol. The number of pyridine rings is 1. The minimum Gasteiger partial charge on any atom is -0.341 e. The lowest BCUT2D eigenvalue weighted by molar-refractivity contribution is 0.131. The van der Waals surface area contributed by atoms with E-state index in [0.29, 0.717) is 22.9 Å². The molecule has 1 N–H and O–H groups in total. The fourth-order valence-corrected chi connectivity index (χ4v) is 5.50. The number of halogens is 3. The van der Waals surface area contributed by atoms with Crippen LogP contribution in [0.15, 0.2) is 36.5 Å². The molecule has 0 spiro atoms. The van der Waals surface area contributed by atoms with E-state index in [4.69, 9.17) is 4.98 Å². The summed E-state index contributed by atoms with van der Waals surface area (Å²) >= 11 is 0. The second-order valence-corrected chi connectivity index (χ2v) is 9.47. The van der Waals surface area contributed by atoms with Crippen molar-refractivity contribution in [2.75, 3.05) is 13.1 Å². The zero-order chi connectivity index (χ0) is 22.7. The summed E-state index contributed by atoms with van der Waals surface area (Å²) in [5.74, 6) is -0.264. The van der Waals surface area contributed by atoms with E-state index in [-0.39, 0.29) is 17.4 Å². The molecule has 1 aliphatic carbocycles. The van der Waals surface area contributed by atoms with E-state index in [0.717, 1.165) is 61.1 Å². The Labute approximate surface area is 189 Å². The molecule has 3 heterocycles. The van der Waals surface area contributed by atoms with Gasteiger partial charge in [-0.25, -0.2) is 18.2 Å². The number of aryl methyl sites for hydroxylation is 1. The van der Waals surface area contributed by atoms with Gasteiger partial charge in [-0.3, -0.25) is 9.88 Å². The summed E-state index contributed by atoms with van der Waals surface area (Å²) < 4.78 is 41.9. The largest absolute Gasteiger partial charge is 0.341 e. The Balaban J connectivity index is 1.27. The number of likely N-dealkylation sites (tertiary alicyclic amines) is 1. The number of rotatable bonds is 4. The first kappa shape index (κ1) is 20.7. The quantitative estimate of drug-likeness (QED) is 0.405. The smallest absolute Gasteiger partial charge is 0.164 e. The maximum absolute atomic E-state index is 14.1. The zero-order valence-corrected chi connectivity index (χ0v) is 18.4. The highest BCUT2D eigenvalue weighted by Gasteiger charge is 2.40. The van der Waals surface area contributed by atoms with Crippen LogP contribution in [0.4, 0.5) is 13.2 Å². The lowest BCUT2D eigenvalue weighted by Gasteiger charge is -2.37. The van der Waals surface area contributed by atoms with Crippen molar-refractivity contribution in [2.45, 2.75) is 44.6 Å². The van der Waals surface area contributed by atoms with Gasteiger partial charge in [0.25, 0.3) is 0 Å². The molecule has 1 saturated heterocycles. The number of aromatic nitrogens is 3. The fourth-order valence-electron chi connectivity index (χ4n) is 5.50. The maximum Gasteiger partial charge on any atom is 0.164 e. The van der Waals surface area contributed by atoms with Crippen molar-refractivity contribution in [3.8, 4) is 0 Å². The predicted octanol–water partition coefficient (Wildman–Crippen LogP) is 6.17. The van der Waals surface area contributed by atoms with Crippen LogP contribution in [-0.2, 0) is 0 Å². The van der Waals surface area contributed by atoms with Crippen LogP contribution in [0.2, 0.25) is 0 Å². The molecule has 170 valence electrons. The number of nitrogens with one attached hydrogen (secondary N) is 1. The van der Waals surface area contributed by atoms with Crippen LogP contribution in [-0.4, -0.2) is 32.9 Å². The summed E-state index contributed by atoms with van der Waals surface area (Å²) in [6.45, 7) is 3.36. The second kappa shape index (κ2) is 7.83. The van der Waals surface area contributed by atoms with Gasteiger partial charge in [0.05, 0.1) is 22.6 Å². The summed E-state index contributed by atoms with van der Waals surface area (Å²) in [6, 6.07) is 8.13. The summed E-state index contributed by atoms with van der Waals surface area (Å²) in [5, 5.41) is 0.895. The first-order chi connectivity index (χ1) is 16.0. The first-order valence-corrected chi connectivity index (χ1v) is 11.6. The van der Waals surface area contributed by atoms with Gasteiger partial charge in [-0.05, 0) is 87.4 Å². The summed E-state index contributed by atoms with van der Waals surface area (Å²) in [6.07, 6.45) is 6.00. The highest BCUT2D eigenvalue weighted by Crippen LogP contribution is 2.46. The van der Waals surface area contributed by atoms with Crippen molar-refractivity contribution >= 4 is 21.9 Å². The maximum atomic E-state index is 14.1. The standard InChI is InChI=1S/C26H25F3N4/c1-14-23(29)20(28)13-22-24(14)32-26(31-22)25(16-2-3-16)33-10-7-15(8-11-33)18-6-9-30-21-5-4-17(27)12-19(18)21/h4-6,9,12-13,15-16,25H,2-3,7-8,10-11H2,1H3,(H,31,32). The Morgan fingerprint density at radius 2 is 1.82 bits per heavy atom. The number of H-pyrrole nitrogens is 1. The molecule has 7 heteroatoms. The molecule has 2 aromatic carbocycles. The normalized spacial score (nSPS) is 18.9. The van der Waals surface area contributed by atoms with E-state index in [1.165, 1.54) is 12.1 Å². The number of fused-ring (bicyclic) bond motifs is 2. The monoisotopic (exact) mass is 450 g/mol. The van der Waals surface area contributed by atoms with E-state index in [1.807, 2.05) is 12.3 Å². The Kier molecular flexibility index (Phi) is 4.91. The molecule has 1 aliphatic heterocycles. The average molecular weight is 451 g/mol. The van der Waals surface area contributed by atoms with E-state index >= 15 is 0 Å². The van der Waals surface area contributed by atoms with Gasteiger partial charge in [-0.1, -0.05) is 0 Å². The van der Waals surface area contributed by atoms with Crippen molar-refractivity contribution < 1.29 is 13.2 Å². The molecule has 0 bridgehead atoms. The van der Waals surface area contributed by atoms with Crippen molar-refractivity contribution in [1.82, 2.24) is 19.9 Å². The Morgan fingerprint density at radius 3 is 2.58 bits per heavy atom. The van der Waals surface area contributed by atoms with Crippen LogP contribution in [0.3, 0.4) is 0 Å². The van der Waals surface area contributed by atoms with E-state index in [2.05, 4.69) is 14.9 Å². The van der Waals surface area contributed by atoms with Gasteiger partial charge in [-0.2, -0.15) is 0 Å². The fraction of sp³-hybridized carbons (Fsp3) is 0.385. The summed E-state index contributed by atoms with van der Waals surface area (Å²) in [7, 11) is 0. The molecule has 33 heavy (non-hydrogen) atoms. The van der Waals surface area contributed by atoms with Gasteiger partial charge >= 0.3 is 0 Å². The Bertz CT molecular complexity index is 1350. The lowest BCUT2D eigenvalue weighted by Crippen LogP contribution is -2.37. The molecule has 2 aromatic heterocycles. The number of hydrogen-bond acceptors (Lipinski definition) is 3. The number of benzene rings is 2. The van der Waals surface area contributed by atoms with Gasteiger partial charge in [0.15, 0.2) is 11.6 Å². The minimum atomic E-state index is -0.847. The minimum absolute atomic E-state index is 0.121. The number of aromatic amines is 1.